The van der Waals surface area contributed by atoms with Crippen molar-refractivity contribution in [3.05, 3.63) is 127 Å². The van der Waals surface area contributed by atoms with E-state index in [0.29, 0.717) is 0 Å². The lowest BCUT2D eigenvalue weighted by molar-refractivity contribution is 1.01. The summed E-state index contributed by atoms with van der Waals surface area (Å²) in [5, 5.41) is 5.32. The number of aromatic nitrogens is 2. The van der Waals surface area contributed by atoms with Gasteiger partial charge in [0.25, 0.3) is 0 Å². The van der Waals surface area contributed by atoms with Gasteiger partial charge < -0.3 is 9.13 Å². The zero-order valence-electron chi connectivity index (χ0n) is 19.4. The van der Waals surface area contributed by atoms with Crippen LogP contribution in [0.2, 0.25) is 0 Å². The molecule has 0 amide bonds. The Kier molecular flexibility index (Phi) is 4.92. The van der Waals surface area contributed by atoms with E-state index in [-0.39, 0.29) is 0 Å². The van der Waals surface area contributed by atoms with Crippen molar-refractivity contribution in [3.8, 4) is 5.69 Å². The minimum Gasteiger partial charge on any atom is -0.344 e. The van der Waals surface area contributed by atoms with E-state index in [0.717, 1.165) is 0 Å². The minimum absolute atomic E-state index is 1.21. The number of hydrogen-bond donors (Lipinski definition) is 0. The Bertz CT molecular complexity index is 1710. The summed E-state index contributed by atoms with van der Waals surface area (Å²) in [6, 6.07) is 42.9. The summed E-state index contributed by atoms with van der Waals surface area (Å²) < 4.78 is 4.58. The van der Waals surface area contributed by atoms with Gasteiger partial charge in [0.2, 0.25) is 0 Å². The van der Waals surface area contributed by atoms with Crippen LogP contribution in [0.5, 0.6) is 0 Å². The molecule has 0 aliphatic heterocycles. The maximum atomic E-state index is 2.34. The van der Waals surface area contributed by atoms with E-state index in [1.807, 2.05) is 0 Å². The lowest BCUT2D eigenvalue weighted by Gasteiger charge is -2.07. The Morgan fingerprint density at radius 3 is 1.53 bits per heavy atom. The van der Waals surface area contributed by atoms with Crippen LogP contribution < -0.4 is 0 Å². The van der Waals surface area contributed by atoms with Crippen molar-refractivity contribution in [2.75, 3.05) is 0 Å². The minimum atomic E-state index is 1.21. The van der Waals surface area contributed by atoms with Gasteiger partial charge in [0, 0.05) is 45.3 Å². The van der Waals surface area contributed by atoms with Gasteiger partial charge in [0.05, 0.1) is 11.0 Å². The molecule has 164 valence electrons. The lowest BCUT2D eigenvalue weighted by atomic mass is 10.1. The molecule has 0 saturated carbocycles. The fourth-order valence-electron chi connectivity index (χ4n) is 5.06. The van der Waals surface area contributed by atoms with Crippen LogP contribution in [-0.4, -0.2) is 9.13 Å². The van der Waals surface area contributed by atoms with E-state index in [2.05, 4.69) is 144 Å². The van der Waals surface area contributed by atoms with Crippen LogP contribution in [0.4, 0.5) is 0 Å². The van der Waals surface area contributed by atoms with E-state index in [9.17, 15) is 0 Å². The molecule has 0 atom stereocenters. The van der Waals surface area contributed by atoms with E-state index in [1.165, 1.54) is 54.9 Å². The molecule has 5 aromatic carbocycles. The third-order valence-electron chi connectivity index (χ3n) is 6.66. The second-order valence-corrected chi connectivity index (χ2v) is 8.80. The van der Waals surface area contributed by atoms with Crippen molar-refractivity contribution in [1.29, 1.82) is 0 Å². The second kappa shape index (κ2) is 8.24. The van der Waals surface area contributed by atoms with Gasteiger partial charge >= 0.3 is 0 Å². The molecule has 0 radical (unpaired) electrons. The first-order valence-electron chi connectivity index (χ1n) is 11.7. The molecule has 0 bridgehead atoms. The fraction of sp³-hybridized carbons (Fsp3) is 0.0625. The zero-order valence-corrected chi connectivity index (χ0v) is 19.4. The molecule has 0 saturated heterocycles. The van der Waals surface area contributed by atoms with Gasteiger partial charge in [-0.1, -0.05) is 84.4 Å². The Morgan fingerprint density at radius 1 is 0.441 bits per heavy atom. The number of para-hydroxylation sites is 4. The van der Waals surface area contributed by atoms with Crippen LogP contribution in [0.1, 0.15) is 5.56 Å². The molecule has 7 rings (SSSR count). The van der Waals surface area contributed by atoms with E-state index in [4.69, 9.17) is 0 Å². The van der Waals surface area contributed by atoms with Crippen molar-refractivity contribution in [1.82, 2.24) is 9.13 Å². The van der Waals surface area contributed by atoms with Crippen LogP contribution in [0.3, 0.4) is 0 Å². The molecule has 0 aliphatic carbocycles. The van der Waals surface area contributed by atoms with Crippen molar-refractivity contribution in [2.24, 2.45) is 7.05 Å². The highest BCUT2D eigenvalue weighted by atomic mass is 15.0. The van der Waals surface area contributed by atoms with Gasteiger partial charge in [-0.3, -0.25) is 0 Å². The molecule has 2 heteroatoms. The zero-order chi connectivity index (χ0) is 23.1. The number of rotatable bonds is 1. The summed E-state index contributed by atoms with van der Waals surface area (Å²) in [6.45, 7) is 2.15. The average molecular weight is 439 g/mol. The number of benzene rings is 5. The van der Waals surface area contributed by atoms with Gasteiger partial charge in [-0.25, -0.2) is 0 Å². The Labute approximate surface area is 199 Å². The Hall–Kier alpha value is -4.30. The second-order valence-electron chi connectivity index (χ2n) is 8.80. The third-order valence-corrected chi connectivity index (χ3v) is 6.66. The van der Waals surface area contributed by atoms with Crippen molar-refractivity contribution < 1.29 is 0 Å². The average Bonchev–Trinajstić information content (AvgIpc) is 3.37. The summed E-state index contributed by atoms with van der Waals surface area (Å²) in [6.07, 6.45) is 0. The van der Waals surface area contributed by atoms with Crippen LogP contribution in [0.15, 0.2) is 121 Å². The third kappa shape index (κ3) is 3.27. The largest absolute Gasteiger partial charge is 0.344 e. The highest BCUT2D eigenvalue weighted by molar-refractivity contribution is 6.09. The molecule has 2 aromatic heterocycles. The molecule has 0 fully saturated rings. The van der Waals surface area contributed by atoms with Gasteiger partial charge in [0.15, 0.2) is 0 Å². The van der Waals surface area contributed by atoms with Gasteiger partial charge in [0.1, 0.15) is 0 Å². The Morgan fingerprint density at radius 2 is 0.912 bits per heavy atom. The Balaban J connectivity index is 0.000000136. The quantitative estimate of drug-likeness (QED) is 0.243. The van der Waals surface area contributed by atoms with Gasteiger partial charge in [-0.15, -0.1) is 0 Å². The highest BCUT2D eigenvalue weighted by Crippen LogP contribution is 2.32. The summed E-state index contributed by atoms with van der Waals surface area (Å²) in [4.78, 5) is 0. The normalized spacial score (nSPS) is 11.2. The van der Waals surface area contributed by atoms with Crippen LogP contribution in [0.25, 0.3) is 49.3 Å². The molecule has 34 heavy (non-hydrogen) atoms. The first-order valence-corrected chi connectivity index (χ1v) is 11.7. The van der Waals surface area contributed by atoms with Crippen molar-refractivity contribution in [2.45, 2.75) is 6.92 Å². The first kappa shape index (κ1) is 20.3. The van der Waals surface area contributed by atoms with E-state index >= 15 is 0 Å². The predicted molar refractivity (Wildman–Crippen MR) is 146 cm³/mol. The molecular weight excluding hydrogens is 412 g/mol. The highest BCUT2D eigenvalue weighted by Gasteiger charge is 2.11. The van der Waals surface area contributed by atoms with Crippen LogP contribution >= 0.6 is 0 Å². The van der Waals surface area contributed by atoms with Crippen molar-refractivity contribution >= 4 is 43.6 Å². The summed E-state index contributed by atoms with van der Waals surface area (Å²) >= 11 is 0. The molecule has 0 unspecified atom stereocenters. The number of aryl methyl sites for hydroxylation is 2. The molecule has 0 aliphatic rings. The monoisotopic (exact) mass is 438 g/mol. The topological polar surface area (TPSA) is 9.86 Å². The lowest BCUT2D eigenvalue weighted by Crippen LogP contribution is -1.92. The molecule has 0 spiro atoms. The number of hydrogen-bond acceptors (Lipinski definition) is 0. The summed E-state index contributed by atoms with van der Waals surface area (Å²) in [5.74, 6) is 0. The van der Waals surface area contributed by atoms with Crippen molar-refractivity contribution in [3.63, 3.8) is 0 Å². The predicted octanol–water partition coefficient (Wildman–Crippen LogP) is 8.42. The van der Waals surface area contributed by atoms with Gasteiger partial charge in [-0.2, -0.15) is 0 Å². The van der Waals surface area contributed by atoms with Crippen LogP contribution in [0, 0.1) is 6.92 Å². The SMILES string of the molecule is Cc1ccc2c(c1)c1ccccc1n2-c1ccccc1.Cn1c2ccccc2c2ccccc21. The molecule has 7 aromatic rings. The van der Waals surface area contributed by atoms with Gasteiger partial charge in [-0.05, 0) is 49.4 Å². The maximum absolute atomic E-state index is 2.34. The first-order chi connectivity index (χ1) is 16.7. The molecular formula is C32H26N2. The smallest absolute Gasteiger partial charge is 0.0541 e. The summed E-state index contributed by atoms with van der Waals surface area (Å²) in [7, 11) is 2.12. The number of nitrogens with zero attached hydrogens (tertiary/aromatic N) is 2. The number of fused-ring (bicyclic) bond motifs is 6. The molecule has 2 nitrogen and oxygen atoms in total. The van der Waals surface area contributed by atoms with E-state index < -0.39 is 0 Å². The van der Waals surface area contributed by atoms with Crippen LogP contribution in [-0.2, 0) is 7.05 Å². The maximum Gasteiger partial charge on any atom is 0.0541 e. The summed E-state index contributed by atoms with van der Waals surface area (Å²) in [5.41, 5.74) is 7.64. The molecule has 0 N–H and O–H groups in total. The standard InChI is InChI=1S/C19H15N.C13H11N/c1-14-11-12-19-17(13-14)16-9-5-6-10-18(16)20(19)15-7-3-2-4-8-15;1-14-12-8-4-2-6-10(12)11-7-3-5-9-13(11)14/h2-13H,1H3;2-9H,1H3. The van der Waals surface area contributed by atoms with E-state index in [1.54, 1.807) is 0 Å². The fourth-order valence-corrected chi connectivity index (χ4v) is 5.06. The molecule has 2 heterocycles.